The van der Waals surface area contributed by atoms with E-state index in [1.54, 1.807) is 0 Å². The van der Waals surface area contributed by atoms with Gasteiger partial charge < -0.3 is 10.5 Å². The van der Waals surface area contributed by atoms with Crippen molar-refractivity contribution in [3.05, 3.63) is 0 Å². The molecule has 2 fully saturated rings. The van der Waals surface area contributed by atoms with Crippen LogP contribution in [0, 0.1) is 11.8 Å². The van der Waals surface area contributed by atoms with E-state index in [4.69, 9.17) is 10.5 Å². The van der Waals surface area contributed by atoms with Gasteiger partial charge in [-0.3, -0.25) is 4.79 Å². The largest absolute Gasteiger partial charge is 0.465 e. The summed E-state index contributed by atoms with van der Waals surface area (Å²) in [7, 11) is 0. The number of hydrogen-bond donors (Lipinski definition) is 1. The zero-order chi connectivity index (χ0) is 10.2. The van der Waals surface area contributed by atoms with Gasteiger partial charge in [-0.05, 0) is 38.0 Å². The highest BCUT2D eigenvalue weighted by Crippen LogP contribution is 2.45. The van der Waals surface area contributed by atoms with Gasteiger partial charge in [-0.1, -0.05) is 12.8 Å². The first-order chi connectivity index (χ1) is 6.64. The molecule has 2 aliphatic carbocycles. The van der Waals surface area contributed by atoms with Crippen LogP contribution in [-0.4, -0.2) is 18.1 Å². The normalized spacial score (nSPS) is 41.0. The summed E-state index contributed by atoms with van der Waals surface area (Å²) in [5.74, 6) is 1.16. The molecule has 0 spiro atoms. The van der Waals surface area contributed by atoms with E-state index in [0.717, 1.165) is 12.8 Å². The molecule has 0 amide bonds. The molecule has 14 heavy (non-hydrogen) atoms. The van der Waals surface area contributed by atoms with E-state index in [0.29, 0.717) is 18.4 Å². The number of carbonyl (C=O) groups excluding carboxylic acids is 1. The first kappa shape index (κ1) is 9.97. The molecule has 0 aliphatic heterocycles. The Morgan fingerprint density at radius 2 is 2.00 bits per heavy atom. The minimum atomic E-state index is -0.667. The summed E-state index contributed by atoms with van der Waals surface area (Å²) in [5.41, 5.74) is 5.47. The van der Waals surface area contributed by atoms with Crippen LogP contribution in [0.2, 0.25) is 0 Å². The molecule has 0 aromatic heterocycles. The predicted molar refractivity (Wildman–Crippen MR) is 53.6 cm³/mol. The molecule has 2 atom stereocenters. The summed E-state index contributed by atoms with van der Waals surface area (Å²) < 4.78 is 5.04. The molecule has 2 unspecified atom stereocenters. The molecule has 0 heterocycles. The molecule has 2 N–H and O–H groups in total. The number of hydrogen-bond acceptors (Lipinski definition) is 3. The fourth-order valence-corrected chi connectivity index (χ4v) is 3.10. The molecule has 2 bridgehead atoms. The number of fused-ring (bicyclic) bond motifs is 2. The molecule has 3 nitrogen and oxygen atoms in total. The van der Waals surface area contributed by atoms with E-state index < -0.39 is 5.54 Å². The van der Waals surface area contributed by atoms with Gasteiger partial charge in [0.05, 0.1) is 6.61 Å². The van der Waals surface area contributed by atoms with Crippen molar-refractivity contribution in [3.63, 3.8) is 0 Å². The van der Waals surface area contributed by atoms with E-state index in [2.05, 4.69) is 0 Å². The van der Waals surface area contributed by atoms with Gasteiger partial charge in [0, 0.05) is 0 Å². The lowest BCUT2D eigenvalue weighted by molar-refractivity contribution is -0.151. The maximum Gasteiger partial charge on any atom is 0.326 e. The van der Waals surface area contributed by atoms with Crippen molar-refractivity contribution in [2.45, 2.75) is 44.6 Å². The molecule has 0 aromatic rings. The van der Waals surface area contributed by atoms with Crippen molar-refractivity contribution in [2.24, 2.45) is 17.6 Å². The summed E-state index contributed by atoms with van der Waals surface area (Å²) >= 11 is 0. The lowest BCUT2D eigenvalue weighted by atomic mass is 9.76. The highest BCUT2D eigenvalue weighted by molar-refractivity contribution is 5.80. The van der Waals surface area contributed by atoms with Crippen LogP contribution in [0.3, 0.4) is 0 Å². The minimum Gasteiger partial charge on any atom is -0.465 e. The third-order valence-corrected chi connectivity index (χ3v) is 3.64. The minimum absolute atomic E-state index is 0.184. The Bertz CT molecular complexity index is 227. The second-order valence-corrected chi connectivity index (χ2v) is 4.83. The van der Waals surface area contributed by atoms with Crippen molar-refractivity contribution in [1.82, 2.24) is 0 Å². The van der Waals surface area contributed by atoms with Crippen LogP contribution in [0.15, 0.2) is 0 Å². The number of rotatable bonds is 2. The topological polar surface area (TPSA) is 52.3 Å². The first-order valence-corrected chi connectivity index (χ1v) is 5.60. The van der Waals surface area contributed by atoms with E-state index >= 15 is 0 Å². The molecule has 0 saturated heterocycles. The van der Waals surface area contributed by atoms with Crippen LogP contribution in [0.4, 0.5) is 0 Å². The van der Waals surface area contributed by atoms with Gasteiger partial charge in [0.25, 0.3) is 0 Å². The third-order valence-electron chi connectivity index (χ3n) is 3.64. The predicted octanol–water partition coefficient (Wildman–Crippen LogP) is 1.46. The first-order valence-electron chi connectivity index (χ1n) is 5.60. The second kappa shape index (κ2) is 3.54. The Labute approximate surface area is 85.0 Å². The van der Waals surface area contributed by atoms with Crippen molar-refractivity contribution in [1.29, 1.82) is 0 Å². The highest BCUT2D eigenvalue weighted by atomic mass is 16.5. The zero-order valence-electron chi connectivity index (χ0n) is 8.79. The number of nitrogens with two attached hydrogens (primary N) is 1. The number of ether oxygens (including phenoxy) is 1. The SMILES string of the molecule is CCOC(=O)C1(N)CC2CCC(C2)C1. The summed E-state index contributed by atoms with van der Waals surface area (Å²) in [5, 5.41) is 0. The van der Waals surface area contributed by atoms with Gasteiger partial charge in [-0.2, -0.15) is 0 Å². The highest BCUT2D eigenvalue weighted by Gasteiger charge is 2.46. The average molecular weight is 197 g/mol. The quantitative estimate of drug-likeness (QED) is 0.682. The monoisotopic (exact) mass is 197 g/mol. The summed E-state index contributed by atoms with van der Waals surface area (Å²) in [6.07, 6.45) is 5.45. The van der Waals surface area contributed by atoms with Crippen molar-refractivity contribution < 1.29 is 9.53 Å². The van der Waals surface area contributed by atoms with Crippen LogP contribution >= 0.6 is 0 Å². The van der Waals surface area contributed by atoms with Gasteiger partial charge in [0.1, 0.15) is 5.54 Å². The van der Waals surface area contributed by atoms with E-state index in [-0.39, 0.29) is 5.97 Å². The van der Waals surface area contributed by atoms with E-state index in [9.17, 15) is 4.79 Å². The maximum absolute atomic E-state index is 11.7. The lowest BCUT2D eigenvalue weighted by Gasteiger charge is -2.35. The van der Waals surface area contributed by atoms with Crippen LogP contribution in [0.1, 0.15) is 39.0 Å². The van der Waals surface area contributed by atoms with Gasteiger partial charge in [0.15, 0.2) is 0 Å². The molecule has 2 aliphatic rings. The molecular formula is C11H19NO2. The van der Waals surface area contributed by atoms with Crippen molar-refractivity contribution in [3.8, 4) is 0 Å². The van der Waals surface area contributed by atoms with Gasteiger partial charge in [-0.15, -0.1) is 0 Å². The molecule has 3 heteroatoms. The fraction of sp³-hybridized carbons (Fsp3) is 0.909. The van der Waals surface area contributed by atoms with Gasteiger partial charge in [0.2, 0.25) is 0 Å². The Kier molecular flexibility index (Phi) is 2.52. The Morgan fingerprint density at radius 1 is 1.43 bits per heavy atom. The molecule has 0 aromatic carbocycles. The smallest absolute Gasteiger partial charge is 0.326 e. The standard InChI is InChI=1S/C11H19NO2/c1-2-14-10(13)11(12)6-8-3-4-9(5-8)7-11/h8-9H,2-7,12H2,1H3. The molecule has 0 radical (unpaired) electrons. The number of esters is 1. The van der Waals surface area contributed by atoms with Crippen molar-refractivity contribution >= 4 is 5.97 Å². The third kappa shape index (κ3) is 1.65. The molecular weight excluding hydrogens is 178 g/mol. The summed E-state index contributed by atoms with van der Waals surface area (Å²) in [4.78, 5) is 11.7. The fourth-order valence-electron chi connectivity index (χ4n) is 3.10. The van der Waals surface area contributed by atoms with Gasteiger partial charge in [-0.25, -0.2) is 0 Å². The Morgan fingerprint density at radius 3 is 2.50 bits per heavy atom. The maximum atomic E-state index is 11.7. The van der Waals surface area contributed by atoms with Crippen molar-refractivity contribution in [2.75, 3.05) is 6.61 Å². The summed E-state index contributed by atoms with van der Waals surface area (Å²) in [6, 6.07) is 0. The van der Waals surface area contributed by atoms with Gasteiger partial charge >= 0.3 is 5.97 Å². The van der Waals surface area contributed by atoms with Crippen LogP contribution < -0.4 is 5.73 Å². The Balaban J connectivity index is 2.05. The lowest BCUT2D eigenvalue weighted by Crippen LogP contribution is -2.52. The van der Waals surface area contributed by atoms with E-state index in [1.165, 1.54) is 19.3 Å². The second-order valence-electron chi connectivity index (χ2n) is 4.83. The Hall–Kier alpha value is -0.570. The molecule has 80 valence electrons. The average Bonchev–Trinajstić information content (AvgIpc) is 2.46. The van der Waals surface area contributed by atoms with Crippen LogP contribution in [0.25, 0.3) is 0 Å². The van der Waals surface area contributed by atoms with E-state index in [1.807, 2.05) is 6.92 Å². The zero-order valence-corrected chi connectivity index (χ0v) is 8.79. The molecule has 2 saturated carbocycles. The summed E-state index contributed by atoms with van der Waals surface area (Å²) in [6.45, 7) is 2.27. The van der Waals surface area contributed by atoms with Crippen LogP contribution in [-0.2, 0) is 9.53 Å². The van der Waals surface area contributed by atoms with Crippen LogP contribution in [0.5, 0.6) is 0 Å². The number of carbonyl (C=O) groups is 1. The molecule has 2 rings (SSSR count).